The zero-order chi connectivity index (χ0) is 11.3. The fourth-order valence-corrected chi connectivity index (χ4v) is 2.44. The summed E-state index contributed by atoms with van der Waals surface area (Å²) in [6, 6.07) is 0. The zero-order valence-corrected chi connectivity index (χ0v) is 10.5. The molecule has 1 N–H and O–H groups in total. The van der Waals surface area contributed by atoms with E-state index in [0.29, 0.717) is 11.5 Å². The normalized spacial score (nSPS) is 32.2. The van der Waals surface area contributed by atoms with Crippen LogP contribution in [-0.4, -0.2) is 24.4 Å². The van der Waals surface area contributed by atoms with Crippen LogP contribution in [0.4, 0.5) is 0 Å². The summed E-state index contributed by atoms with van der Waals surface area (Å²) in [5.41, 5.74) is 0.460. The molecular formula is C13H26O2. The lowest BCUT2D eigenvalue weighted by Crippen LogP contribution is -2.34. The van der Waals surface area contributed by atoms with Crippen molar-refractivity contribution in [3.8, 4) is 0 Å². The molecule has 1 saturated carbocycles. The van der Waals surface area contributed by atoms with E-state index in [1.54, 1.807) is 0 Å². The van der Waals surface area contributed by atoms with Crippen LogP contribution >= 0.6 is 0 Å². The zero-order valence-electron chi connectivity index (χ0n) is 10.5. The van der Waals surface area contributed by atoms with Crippen molar-refractivity contribution in [1.29, 1.82) is 0 Å². The van der Waals surface area contributed by atoms with E-state index < -0.39 is 0 Å². The molecule has 2 nitrogen and oxygen atoms in total. The van der Waals surface area contributed by atoms with Crippen molar-refractivity contribution in [2.45, 2.75) is 59.0 Å². The molecule has 0 aromatic carbocycles. The van der Waals surface area contributed by atoms with Gasteiger partial charge in [-0.3, -0.25) is 0 Å². The third-order valence-electron chi connectivity index (χ3n) is 4.02. The van der Waals surface area contributed by atoms with Crippen molar-refractivity contribution < 1.29 is 9.84 Å². The van der Waals surface area contributed by atoms with Crippen LogP contribution in [0.1, 0.15) is 52.9 Å². The molecule has 1 unspecified atom stereocenters. The first-order valence-electron chi connectivity index (χ1n) is 6.31. The third kappa shape index (κ3) is 3.76. The number of ether oxygens (including phenoxy) is 1. The maximum absolute atomic E-state index is 8.71. The van der Waals surface area contributed by atoms with Crippen LogP contribution in [-0.2, 0) is 4.74 Å². The van der Waals surface area contributed by atoms with E-state index in [9.17, 15) is 0 Å². The second-order valence-corrected chi connectivity index (χ2v) is 5.48. The van der Waals surface area contributed by atoms with E-state index in [1.165, 1.54) is 25.7 Å². The lowest BCUT2D eigenvalue weighted by Gasteiger charge is -2.41. The number of rotatable bonds is 5. The largest absolute Gasteiger partial charge is 0.396 e. The topological polar surface area (TPSA) is 29.5 Å². The first-order valence-corrected chi connectivity index (χ1v) is 6.31. The molecule has 0 amide bonds. The SMILES string of the molecule is CC(C)[C@]1(C)CCCC(OCCCO)C1. The first-order chi connectivity index (χ1) is 7.08. The Labute approximate surface area is 94.0 Å². The van der Waals surface area contributed by atoms with Gasteiger partial charge in [0.2, 0.25) is 0 Å². The summed E-state index contributed by atoms with van der Waals surface area (Å²) in [7, 11) is 0. The molecule has 0 saturated heterocycles. The maximum Gasteiger partial charge on any atom is 0.0580 e. The van der Waals surface area contributed by atoms with Crippen molar-refractivity contribution in [1.82, 2.24) is 0 Å². The summed E-state index contributed by atoms with van der Waals surface area (Å²) >= 11 is 0. The molecular weight excluding hydrogens is 188 g/mol. The minimum absolute atomic E-state index is 0.244. The van der Waals surface area contributed by atoms with E-state index in [0.717, 1.165) is 18.9 Å². The highest BCUT2D eigenvalue weighted by Gasteiger charge is 2.34. The van der Waals surface area contributed by atoms with E-state index in [2.05, 4.69) is 20.8 Å². The van der Waals surface area contributed by atoms with E-state index >= 15 is 0 Å². The number of hydrogen-bond acceptors (Lipinski definition) is 2. The molecule has 1 fully saturated rings. The van der Waals surface area contributed by atoms with Gasteiger partial charge in [0.25, 0.3) is 0 Å². The van der Waals surface area contributed by atoms with Gasteiger partial charge in [0.1, 0.15) is 0 Å². The fourth-order valence-electron chi connectivity index (χ4n) is 2.44. The predicted molar refractivity (Wildman–Crippen MR) is 62.9 cm³/mol. The summed E-state index contributed by atoms with van der Waals surface area (Å²) in [6.07, 6.45) is 6.22. The Hall–Kier alpha value is -0.0800. The van der Waals surface area contributed by atoms with Gasteiger partial charge in [-0.2, -0.15) is 0 Å². The highest BCUT2D eigenvalue weighted by molar-refractivity contribution is 4.85. The highest BCUT2D eigenvalue weighted by Crippen LogP contribution is 2.42. The molecule has 15 heavy (non-hydrogen) atoms. The molecule has 0 bridgehead atoms. The van der Waals surface area contributed by atoms with E-state index in [-0.39, 0.29) is 6.61 Å². The Kier molecular flexibility index (Phi) is 5.07. The fraction of sp³-hybridized carbons (Fsp3) is 1.00. The van der Waals surface area contributed by atoms with Gasteiger partial charge in [-0.1, -0.05) is 27.2 Å². The predicted octanol–water partition coefficient (Wildman–Crippen LogP) is 2.99. The first kappa shape index (κ1) is 13.0. The van der Waals surface area contributed by atoms with Crippen molar-refractivity contribution in [2.75, 3.05) is 13.2 Å². The molecule has 0 aromatic rings. The molecule has 0 aliphatic heterocycles. The van der Waals surface area contributed by atoms with Crippen molar-refractivity contribution in [2.24, 2.45) is 11.3 Å². The van der Waals surface area contributed by atoms with Crippen LogP contribution in [0.5, 0.6) is 0 Å². The van der Waals surface area contributed by atoms with E-state index in [4.69, 9.17) is 9.84 Å². The second-order valence-electron chi connectivity index (χ2n) is 5.48. The Morgan fingerprint density at radius 3 is 2.80 bits per heavy atom. The summed E-state index contributed by atoms with van der Waals surface area (Å²) < 4.78 is 5.81. The van der Waals surface area contributed by atoms with Crippen LogP contribution in [0.2, 0.25) is 0 Å². The van der Waals surface area contributed by atoms with Gasteiger partial charge in [0, 0.05) is 13.2 Å². The van der Waals surface area contributed by atoms with Gasteiger partial charge in [-0.25, -0.2) is 0 Å². The average molecular weight is 214 g/mol. The van der Waals surface area contributed by atoms with Crippen LogP contribution < -0.4 is 0 Å². The maximum atomic E-state index is 8.71. The molecule has 1 rings (SSSR count). The quantitative estimate of drug-likeness (QED) is 0.713. The summed E-state index contributed by atoms with van der Waals surface area (Å²) in [4.78, 5) is 0. The van der Waals surface area contributed by atoms with Crippen LogP contribution in [0, 0.1) is 11.3 Å². The number of aliphatic hydroxyl groups is 1. The Morgan fingerprint density at radius 1 is 1.47 bits per heavy atom. The second kappa shape index (κ2) is 5.86. The molecule has 2 atom stereocenters. The van der Waals surface area contributed by atoms with Crippen LogP contribution in [0.25, 0.3) is 0 Å². The van der Waals surface area contributed by atoms with Crippen LogP contribution in [0.3, 0.4) is 0 Å². The summed E-state index contributed by atoms with van der Waals surface area (Å²) in [5.74, 6) is 0.738. The molecule has 1 aliphatic carbocycles. The van der Waals surface area contributed by atoms with Gasteiger partial charge >= 0.3 is 0 Å². The summed E-state index contributed by atoms with van der Waals surface area (Å²) in [5, 5.41) is 8.71. The average Bonchev–Trinajstić information content (AvgIpc) is 2.18. The Balaban J connectivity index is 2.35. The number of aliphatic hydroxyl groups excluding tert-OH is 1. The lowest BCUT2D eigenvalue weighted by molar-refractivity contribution is -0.0289. The highest BCUT2D eigenvalue weighted by atomic mass is 16.5. The molecule has 90 valence electrons. The Morgan fingerprint density at radius 2 is 2.20 bits per heavy atom. The van der Waals surface area contributed by atoms with Gasteiger partial charge in [-0.15, -0.1) is 0 Å². The molecule has 0 spiro atoms. The smallest absolute Gasteiger partial charge is 0.0580 e. The molecule has 1 aliphatic rings. The van der Waals surface area contributed by atoms with Crippen molar-refractivity contribution in [3.05, 3.63) is 0 Å². The minimum atomic E-state index is 0.244. The van der Waals surface area contributed by atoms with Crippen molar-refractivity contribution >= 4 is 0 Å². The standard InChI is InChI=1S/C13H26O2/c1-11(2)13(3)7-4-6-12(10-13)15-9-5-8-14/h11-12,14H,4-10H2,1-3H3/t12?,13-/m1/s1. The van der Waals surface area contributed by atoms with Gasteiger partial charge < -0.3 is 9.84 Å². The molecule has 0 aromatic heterocycles. The number of hydrogen-bond donors (Lipinski definition) is 1. The Bertz CT molecular complexity index is 179. The monoisotopic (exact) mass is 214 g/mol. The molecule has 0 radical (unpaired) electrons. The van der Waals surface area contributed by atoms with Crippen LogP contribution in [0.15, 0.2) is 0 Å². The third-order valence-corrected chi connectivity index (χ3v) is 4.02. The molecule has 2 heteroatoms. The van der Waals surface area contributed by atoms with Gasteiger partial charge in [0.05, 0.1) is 6.10 Å². The van der Waals surface area contributed by atoms with Gasteiger partial charge in [-0.05, 0) is 37.0 Å². The van der Waals surface area contributed by atoms with Gasteiger partial charge in [0.15, 0.2) is 0 Å². The lowest BCUT2D eigenvalue weighted by atomic mass is 9.67. The van der Waals surface area contributed by atoms with Crippen molar-refractivity contribution in [3.63, 3.8) is 0 Å². The van der Waals surface area contributed by atoms with E-state index in [1.807, 2.05) is 0 Å². The molecule has 0 heterocycles. The minimum Gasteiger partial charge on any atom is -0.396 e. The summed E-state index contributed by atoms with van der Waals surface area (Å²) in [6.45, 7) is 7.98.